The molecule has 30 heavy (non-hydrogen) atoms. The first-order valence-electron chi connectivity index (χ1n) is 8.93. The standard InChI is InChI=1S/C9H10O2.C8H8O2.C7H8O.CH4/c1-6-3-8(5-10)9(11)4-7(6)2;1-6-2-3-7(5-9)8(10)4-6;1-6-3-2-4-7(8)5-6;/h3-5,11H,1-2H3;2-5,10H,1H3;2-5,8H,1H3;1H4. The van der Waals surface area contributed by atoms with E-state index in [-0.39, 0.29) is 18.9 Å². The zero-order valence-electron chi connectivity index (χ0n) is 17.0. The smallest absolute Gasteiger partial charge is 0.153 e. The first kappa shape index (κ1) is 26.4. The molecule has 0 saturated heterocycles. The molecule has 3 aromatic rings. The highest BCUT2D eigenvalue weighted by Gasteiger charge is 2.01. The number of aryl methyl sites for hydroxylation is 4. The fourth-order valence-corrected chi connectivity index (χ4v) is 2.30. The summed E-state index contributed by atoms with van der Waals surface area (Å²) in [7, 11) is 0. The minimum Gasteiger partial charge on any atom is -0.508 e. The summed E-state index contributed by atoms with van der Waals surface area (Å²) in [6.07, 6.45) is 1.29. The first-order chi connectivity index (χ1) is 13.7. The van der Waals surface area contributed by atoms with Crippen LogP contribution in [0, 0.1) is 27.7 Å². The molecule has 0 saturated carbocycles. The van der Waals surface area contributed by atoms with Crippen LogP contribution < -0.4 is 0 Å². The van der Waals surface area contributed by atoms with Gasteiger partial charge in [-0.1, -0.05) is 25.6 Å². The molecule has 0 aromatic heterocycles. The lowest BCUT2D eigenvalue weighted by Gasteiger charge is -2.02. The molecule has 0 amide bonds. The van der Waals surface area contributed by atoms with Crippen LogP contribution in [0.15, 0.2) is 54.6 Å². The number of benzene rings is 3. The number of carbonyl (C=O) groups is 2. The van der Waals surface area contributed by atoms with Gasteiger partial charge >= 0.3 is 0 Å². The molecule has 5 nitrogen and oxygen atoms in total. The second-order valence-electron chi connectivity index (χ2n) is 6.63. The quantitative estimate of drug-likeness (QED) is 0.473. The Bertz CT molecular complexity index is 960. The first-order valence-corrected chi connectivity index (χ1v) is 8.93. The van der Waals surface area contributed by atoms with E-state index in [1.54, 1.807) is 42.5 Å². The molecule has 0 aliphatic heterocycles. The van der Waals surface area contributed by atoms with Crippen molar-refractivity contribution in [3.8, 4) is 17.2 Å². The number of phenolic OH excluding ortho intramolecular Hbond substituents is 3. The molecule has 0 atom stereocenters. The van der Waals surface area contributed by atoms with E-state index in [1.807, 2.05) is 39.8 Å². The van der Waals surface area contributed by atoms with Crippen molar-refractivity contribution in [2.24, 2.45) is 0 Å². The lowest BCUT2D eigenvalue weighted by molar-refractivity contribution is 0.111. The average Bonchev–Trinajstić information content (AvgIpc) is 2.66. The van der Waals surface area contributed by atoms with Crippen molar-refractivity contribution in [3.05, 3.63) is 88.0 Å². The van der Waals surface area contributed by atoms with Crippen molar-refractivity contribution in [1.29, 1.82) is 0 Å². The zero-order valence-corrected chi connectivity index (χ0v) is 17.0. The van der Waals surface area contributed by atoms with Crippen LogP contribution in [0.3, 0.4) is 0 Å². The summed E-state index contributed by atoms with van der Waals surface area (Å²) in [5, 5.41) is 27.1. The Hall–Kier alpha value is -3.60. The van der Waals surface area contributed by atoms with Gasteiger partial charge in [0.15, 0.2) is 12.6 Å². The zero-order chi connectivity index (χ0) is 22.0. The molecule has 0 spiro atoms. The Morgan fingerprint density at radius 1 is 0.633 bits per heavy atom. The number of carbonyl (C=O) groups excluding carboxylic acids is 2. The van der Waals surface area contributed by atoms with Crippen LogP contribution in [0.5, 0.6) is 17.2 Å². The van der Waals surface area contributed by atoms with Crippen LogP contribution in [-0.2, 0) is 0 Å². The van der Waals surface area contributed by atoms with Gasteiger partial charge in [0.1, 0.15) is 17.2 Å². The van der Waals surface area contributed by atoms with Crippen molar-refractivity contribution in [2.45, 2.75) is 35.1 Å². The van der Waals surface area contributed by atoms with Gasteiger partial charge in [0.25, 0.3) is 0 Å². The molecule has 0 aliphatic rings. The molecule has 0 unspecified atom stereocenters. The highest BCUT2D eigenvalue weighted by molar-refractivity contribution is 5.80. The van der Waals surface area contributed by atoms with Gasteiger partial charge in [0, 0.05) is 0 Å². The molecule has 0 bridgehead atoms. The monoisotopic (exact) mass is 410 g/mol. The van der Waals surface area contributed by atoms with E-state index < -0.39 is 0 Å². The summed E-state index contributed by atoms with van der Waals surface area (Å²) in [5.41, 5.74) is 4.74. The van der Waals surface area contributed by atoms with Crippen molar-refractivity contribution in [2.75, 3.05) is 0 Å². The van der Waals surface area contributed by atoms with Crippen molar-refractivity contribution < 1.29 is 24.9 Å². The molecular formula is C25H30O5. The third-order valence-electron chi connectivity index (χ3n) is 4.08. The van der Waals surface area contributed by atoms with Gasteiger partial charge in [-0.25, -0.2) is 0 Å². The predicted molar refractivity (Wildman–Crippen MR) is 121 cm³/mol. The van der Waals surface area contributed by atoms with E-state index in [1.165, 1.54) is 0 Å². The Kier molecular flexibility index (Phi) is 11.2. The van der Waals surface area contributed by atoms with Gasteiger partial charge in [-0.2, -0.15) is 0 Å². The maximum absolute atomic E-state index is 10.3. The maximum atomic E-state index is 10.3. The topological polar surface area (TPSA) is 94.8 Å². The summed E-state index contributed by atoms with van der Waals surface area (Å²) in [4.78, 5) is 20.5. The maximum Gasteiger partial charge on any atom is 0.153 e. The Labute approximate surface area is 178 Å². The molecule has 0 radical (unpaired) electrons. The van der Waals surface area contributed by atoms with E-state index in [0.717, 1.165) is 22.3 Å². The van der Waals surface area contributed by atoms with E-state index >= 15 is 0 Å². The second kappa shape index (κ2) is 12.8. The molecule has 3 N–H and O–H groups in total. The van der Waals surface area contributed by atoms with Crippen LogP contribution in [0.25, 0.3) is 0 Å². The lowest BCUT2D eigenvalue weighted by Crippen LogP contribution is -1.86. The van der Waals surface area contributed by atoms with E-state index in [4.69, 9.17) is 10.2 Å². The van der Waals surface area contributed by atoms with Crippen LogP contribution in [-0.4, -0.2) is 27.9 Å². The second-order valence-corrected chi connectivity index (χ2v) is 6.63. The lowest BCUT2D eigenvalue weighted by atomic mass is 10.1. The van der Waals surface area contributed by atoms with Crippen LogP contribution in [0.2, 0.25) is 0 Å². The molecule has 3 aromatic carbocycles. The number of rotatable bonds is 2. The van der Waals surface area contributed by atoms with Crippen LogP contribution >= 0.6 is 0 Å². The minimum atomic E-state index is 0. The van der Waals surface area contributed by atoms with Crippen molar-refractivity contribution in [1.82, 2.24) is 0 Å². The third-order valence-corrected chi connectivity index (χ3v) is 4.08. The molecule has 0 aliphatic carbocycles. The summed E-state index contributed by atoms with van der Waals surface area (Å²) in [6.45, 7) is 7.60. The van der Waals surface area contributed by atoms with Gasteiger partial charge in [0.05, 0.1) is 11.1 Å². The summed E-state index contributed by atoms with van der Waals surface area (Å²) in [5.74, 6) is 0.447. The van der Waals surface area contributed by atoms with Gasteiger partial charge < -0.3 is 15.3 Å². The van der Waals surface area contributed by atoms with Crippen LogP contribution in [0.4, 0.5) is 0 Å². The van der Waals surface area contributed by atoms with E-state index in [0.29, 0.717) is 29.4 Å². The fourth-order valence-electron chi connectivity index (χ4n) is 2.30. The SMILES string of the molecule is C.Cc1cc(O)c(C=O)cc1C.Cc1ccc(C=O)c(O)c1.Cc1cccc(O)c1. The number of aldehydes is 2. The number of hydrogen-bond donors (Lipinski definition) is 3. The molecule has 3 rings (SSSR count). The minimum absolute atomic E-state index is 0. The largest absolute Gasteiger partial charge is 0.508 e. The van der Waals surface area contributed by atoms with Crippen LogP contribution in [0.1, 0.15) is 50.4 Å². The average molecular weight is 411 g/mol. The molecule has 5 heteroatoms. The third kappa shape index (κ3) is 8.61. The van der Waals surface area contributed by atoms with E-state index in [2.05, 4.69) is 0 Å². The molecule has 160 valence electrons. The predicted octanol–water partition coefficient (Wildman–Crippen LogP) is 5.67. The van der Waals surface area contributed by atoms with Gasteiger partial charge in [-0.15, -0.1) is 0 Å². The Morgan fingerprint density at radius 2 is 1.17 bits per heavy atom. The van der Waals surface area contributed by atoms with E-state index in [9.17, 15) is 14.7 Å². The normalized spacial score (nSPS) is 9.07. The summed E-state index contributed by atoms with van der Waals surface area (Å²) in [6, 6.07) is 15.4. The summed E-state index contributed by atoms with van der Waals surface area (Å²) >= 11 is 0. The Balaban J connectivity index is 0.000000418. The fraction of sp³-hybridized carbons (Fsp3) is 0.200. The molecule has 0 fully saturated rings. The van der Waals surface area contributed by atoms with Gasteiger partial charge in [-0.3, -0.25) is 9.59 Å². The van der Waals surface area contributed by atoms with Gasteiger partial charge in [-0.05, 0) is 86.3 Å². The summed E-state index contributed by atoms with van der Waals surface area (Å²) < 4.78 is 0. The number of hydrogen-bond acceptors (Lipinski definition) is 5. The number of aromatic hydroxyl groups is 3. The molecule has 0 heterocycles. The highest BCUT2D eigenvalue weighted by Crippen LogP contribution is 2.19. The number of phenols is 3. The Morgan fingerprint density at radius 3 is 1.63 bits per heavy atom. The van der Waals surface area contributed by atoms with Gasteiger partial charge in [0.2, 0.25) is 0 Å². The van der Waals surface area contributed by atoms with Crippen molar-refractivity contribution in [3.63, 3.8) is 0 Å². The molecular weight excluding hydrogens is 380 g/mol. The van der Waals surface area contributed by atoms with Crippen molar-refractivity contribution >= 4 is 12.6 Å². The highest BCUT2D eigenvalue weighted by atomic mass is 16.3.